The third kappa shape index (κ3) is 8.27. The van der Waals surface area contributed by atoms with Crippen LogP contribution in [-0.2, 0) is 20.6 Å². The molecule has 0 saturated carbocycles. The van der Waals surface area contributed by atoms with Gasteiger partial charge >= 0.3 is 5.97 Å². The Morgan fingerprint density at radius 3 is 2.46 bits per heavy atom. The summed E-state index contributed by atoms with van der Waals surface area (Å²) < 4.78 is 12.1. The lowest BCUT2D eigenvalue weighted by atomic mass is 10.1. The fourth-order valence-corrected chi connectivity index (χ4v) is 3.84. The molecule has 0 heterocycles. The van der Waals surface area contributed by atoms with Crippen molar-refractivity contribution in [3.05, 3.63) is 35.9 Å². The molecule has 0 spiro atoms. The molecule has 3 N–H and O–H groups in total. The van der Waals surface area contributed by atoms with Crippen LogP contribution in [0.1, 0.15) is 38.2 Å². The third-order valence-corrected chi connectivity index (χ3v) is 5.46. The minimum Gasteiger partial charge on any atom is -0.480 e. The van der Waals surface area contributed by atoms with Gasteiger partial charge in [0.05, 0.1) is 0 Å². The molecule has 0 fully saturated rings. The molecule has 0 aliphatic carbocycles. The van der Waals surface area contributed by atoms with Crippen LogP contribution in [-0.4, -0.2) is 40.2 Å². The van der Waals surface area contributed by atoms with E-state index >= 15 is 0 Å². The molecule has 2 atom stereocenters. The van der Waals surface area contributed by atoms with Crippen LogP contribution in [0.5, 0.6) is 0 Å². The number of aliphatic carboxylic acids is 1. The molecule has 134 valence electrons. The van der Waals surface area contributed by atoms with Crippen molar-refractivity contribution < 1.29 is 24.2 Å². The molecule has 1 aromatic carbocycles. The highest BCUT2D eigenvalue weighted by Crippen LogP contribution is 2.41. The van der Waals surface area contributed by atoms with Gasteiger partial charge in [-0.2, -0.15) is 0 Å². The molecule has 0 aliphatic rings. The van der Waals surface area contributed by atoms with E-state index in [1.807, 2.05) is 37.3 Å². The number of carboxylic acids is 1. The summed E-state index contributed by atoms with van der Waals surface area (Å²) in [6.07, 6.45) is 2.59. The Labute approximate surface area is 142 Å². The first-order chi connectivity index (χ1) is 11.3. The van der Waals surface area contributed by atoms with E-state index in [1.165, 1.54) is 5.56 Å². The van der Waals surface area contributed by atoms with E-state index < -0.39 is 31.4 Å². The summed E-state index contributed by atoms with van der Waals surface area (Å²) in [6, 6.07) is 8.85. The summed E-state index contributed by atoms with van der Waals surface area (Å²) in [5.74, 6) is -1.80. The Hall–Kier alpha value is -1.65. The van der Waals surface area contributed by atoms with Crippen LogP contribution in [0.15, 0.2) is 30.3 Å². The summed E-state index contributed by atoms with van der Waals surface area (Å²) in [6.45, 7) is 1.81. The van der Waals surface area contributed by atoms with Crippen molar-refractivity contribution in [2.24, 2.45) is 0 Å². The summed E-state index contributed by atoms with van der Waals surface area (Å²) in [5, 5.41) is 11.3. The van der Waals surface area contributed by atoms with Crippen LogP contribution >= 0.6 is 7.37 Å². The van der Waals surface area contributed by atoms with Crippen LogP contribution < -0.4 is 5.32 Å². The molecule has 1 amide bonds. The molecule has 0 aliphatic heterocycles. The Morgan fingerprint density at radius 2 is 1.88 bits per heavy atom. The van der Waals surface area contributed by atoms with Crippen molar-refractivity contribution in [3.63, 3.8) is 0 Å². The summed E-state index contributed by atoms with van der Waals surface area (Å²) in [7, 11) is -3.58. The Kier molecular flexibility index (Phi) is 8.72. The second-order valence-electron chi connectivity index (χ2n) is 5.92. The van der Waals surface area contributed by atoms with Gasteiger partial charge in [0.15, 0.2) is 0 Å². The van der Waals surface area contributed by atoms with Gasteiger partial charge in [-0.15, -0.1) is 0 Å². The molecule has 0 aromatic heterocycles. The molecule has 7 heteroatoms. The number of benzene rings is 1. The average molecular weight is 355 g/mol. The maximum absolute atomic E-state index is 12.1. The predicted molar refractivity (Wildman–Crippen MR) is 93.4 cm³/mol. The molecule has 1 unspecified atom stereocenters. The smallest absolute Gasteiger partial charge is 0.326 e. The molecular formula is C17H26NO5P. The molecule has 6 nitrogen and oxygen atoms in total. The van der Waals surface area contributed by atoms with Gasteiger partial charge in [0.25, 0.3) is 0 Å². The fourth-order valence-electron chi connectivity index (χ4n) is 2.42. The first-order valence-electron chi connectivity index (χ1n) is 8.21. The van der Waals surface area contributed by atoms with Crippen LogP contribution in [0.3, 0.4) is 0 Å². The number of nitrogens with one attached hydrogen (secondary N) is 1. The molecule has 0 bridgehead atoms. The van der Waals surface area contributed by atoms with Gasteiger partial charge in [0, 0.05) is 6.16 Å². The standard InChI is InChI=1S/C17H26NO5P/c1-2-8-15(17(20)21)18-16(19)13-24(22,23)12-7-6-11-14-9-4-3-5-10-14/h3-5,9-10,15H,2,6-8,11-13H2,1H3,(H,18,19)(H,20,21)(H,22,23)/t15-/m0/s1. The van der Waals surface area contributed by atoms with Crippen molar-refractivity contribution in [1.29, 1.82) is 0 Å². The van der Waals surface area contributed by atoms with Crippen LogP contribution in [0.25, 0.3) is 0 Å². The van der Waals surface area contributed by atoms with E-state index in [-0.39, 0.29) is 6.16 Å². The number of rotatable bonds is 11. The molecule has 0 saturated heterocycles. The van der Waals surface area contributed by atoms with E-state index in [9.17, 15) is 19.0 Å². The van der Waals surface area contributed by atoms with E-state index in [0.29, 0.717) is 19.3 Å². The zero-order chi connectivity index (χ0) is 18.0. The Balaban J connectivity index is 2.35. The minimum atomic E-state index is -3.58. The Morgan fingerprint density at radius 1 is 1.21 bits per heavy atom. The molecule has 0 radical (unpaired) electrons. The monoisotopic (exact) mass is 355 g/mol. The van der Waals surface area contributed by atoms with E-state index in [4.69, 9.17) is 5.11 Å². The number of carbonyl (C=O) groups is 2. The number of unbranched alkanes of at least 4 members (excludes halogenated alkanes) is 1. The highest BCUT2D eigenvalue weighted by atomic mass is 31.2. The molecule has 1 aromatic rings. The normalized spacial score (nSPS) is 14.6. The summed E-state index contributed by atoms with van der Waals surface area (Å²) in [5.41, 5.74) is 1.17. The molecule has 24 heavy (non-hydrogen) atoms. The summed E-state index contributed by atoms with van der Waals surface area (Å²) in [4.78, 5) is 32.7. The number of carboxylic acid groups (broad SMARTS) is 1. The van der Waals surface area contributed by atoms with Crippen LogP contribution in [0.4, 0.5) is 0 Å². The second kappa shape index (κ2) is 10.3. The number of amides is 1. The van der Waals surface area contributed by atoms with Gasteiger partial charge in [-0.1, -0.05) is 43.7 Å². The Bertz CT molecular complexity index is 576. The topological polar surface area (TPSA) is 104 Å². The lowest BCUT2D eigenvalue weighted by molar-refractivity contribution is -0.141. The zero-order valence-corrected chi connectivity index (χ0v) is 14.9. The third-order valence-electron chi connectivity index (χ3n) is 3.67. The van der Waals surface area contributed by atoms with Crippen LogP contribution in [0, 0.1) is 0 Å². The largest absolute Gasteiger partial charge is 0.480 e. The average Bonchev–Trinajstić information content (AvgIpc) is 2.51. The maximum Gasteiger partial charge on any atom is 0.326 e. The van der Waals surface area contributed by atoms with Crippen LogP contribution in [0.2, 0.25) is 0 Å². The highest BCUT2D eigenvalue weighted by Gasteiger charge is 2.25. The number of carbonyl (C=O) groups excluding carboxylic acids is 1. The quantitative estimate of drug-likeness (QED) is 0.418. The van der Waals surface area contributed by atoms with E-state index in [1.54, 1.807) is 0 Å². The lowest BCUT2D eigenvalue weighted by Gasteiger charge is -2.16. The van der Waals surface area contributed by atoms with E-state index in [0.717, 1.165) is 12.8 Å². The van der Waals surface area contributed by atoms with Crippen molar-refractivity contribution in [1.82, 2.24) is 5.32 Å². The molecular weight excluding hydrogens is 329 g/mol. The molecule has 1 rings (SSSR count). The van der Waals surface area contributed by atoms with Crippen molar-refractivity contribution in [3.8, 4) is 0 Å². The fraction of sp³-hybridized carbons (Fsp3) is 0.529. The highest BCUT2D eigenvalue weighted by molar-refractivity contribution is 7.58. The van der Waals surface area contributed by atoms with Crippen molar-refractivity contribution in [2.45, 2.75) is 45.1 Å². The number of hydrogen-bond acceptors (Lipinski definition) is 3. The lowest BCUT2D eigenvalue weighted by Crippen LogP contribution is -2.42. The van der Waals surface area contributed by atoms with Gasteiger partial charge < -0.3 is 15.3 Å². The van der Waals surface area contributed by atoms with E-state index in [2.05, 4.69) is 5.32 Å². The van der Waals surface area contributed by atoms with Gasteiger partial charge in [-0.3, -0.25) is 9.36 Å². The number of aryl methyl sites for hydroxylation is 1. The minimum absolute atomic E-state index is 0.0682. The van der Waals surface area contributed by atoms with Gasteiger partial charge in [0.2, 0.25) is 13.3 Å². The van der Waals surface area contributed by atoms with Crippen molar-refractivity contribution in [2.75, 3.05) is 12.3 Å². The first-order valence-corrected chi connectivity index (χ1v) is 10.2. The first kappa shape index (κ1) is 20.4. The maximum atomic E-state index is 12.1. The SMILES string of the molecule is CCC[C@H](NC(=O)CP(=O)(O)CCCCc1ccccc1)C(=O)O. The number of hydrogen-bond donors (Lipinski definition) is 3. The van der Waals surface area contributed by atoms with Gasteiger partial charge in [-0.05, 0) is 31.2 Å². The van der Waals surface area contributed by atoms with Crippen molar-refractivity contribution >= 4 is 19.2 Å². The summed E-state index contributed by atoms with van der Waals surface area (Å²) >= 11 is 0. The van der Waals surface area contributed by atoms with Gasteiger partial charge in [-0.25, -0.2) is 4.79 Å². The van der Waals surface area contributed by atoms with Gasteiger partial charge in [0.1, 0.15) is 12.2 Å². The predicted octanol–water partition coefficient (Wildman–Crippen LogP) is 2.65. The zero-order valence-electron chi connectivity index (χ0n) is 14.0. The second-order valence-corrected chi connectivity index (χ2v) is 8.37.